The Kier molecular flexibility index (Phi) is 5.66. The highest BCUT2D eigenvalue weighted by Crippen LogP contribution is 2.12. The number of hydrogen-bond acceptors (Lipinski definition) is 1. The fourth-order valence-corrected chi connectivity index (χ4v) is 1.53. The zero-order valence-electron chi connectivity index (χ0n) is 8.30. The van der Waals surface area contributed by atoms with Crippen molar-refractivity contribution in [2.45, 2.75) is 46.0 Å². The Hall–Kier alpha value is 0.0249. The first-order chi connectivity index (χ1) is 5.11. The van der Waals surface area contributed by atoms with Gasteiger partial charge in [0.2, 0.25) is 0 Å². The Morgan fingerprint density at radius 2 is 1.64 bits per heavy atom. The monoisotopic (exact) mass is 153 g/mol. The number of nitrogens with zero attached hydrogens (tertiary/aromatic N) is 1. The van der Waals surface area contributed by atoms with Crippen molar-refractivity contribution in [1.29, 1.82) is 0 Å². The summed E-state index contributed by atoms with van der Waals surface area (Å²) in [6.45, 7) is 11.0. The van der Waals surface area contributed by atoms with Gasteiger partial charge in [0.1, 0.15) is 0 Å². The average molecular weight is 153 g/mol. The maximum Gasteiger partial charge on any atom is 0.0696 e. The average Bonchev–Trinajstić information content (AvgIpc) is 1.88. The first-order valence-electron chi connectivity index (χ1n) is 4.61. The van der Waals surface area contributed by atoms with Crippen LogP contribution in [0.1, 0.15) is 34.1 Å². The van der Waals surface area contributed by atoms with Crippen LogP contribution in [0.15, 0.2) is 0 Å². The summed E-state index contributed by atoms with van der Waals surface area (Å²) >= 11 is 0. The predicted molar refractivity (Wildman–Crippen MR) is 52.2 cm³/mol. The summed E-state index contributed by atoms with van der Waals surface area (Å²) < 4.78 is 0. The van der Waals surface area contributed by atoms with Gasteiger partial charge in [-0.3, -0.25) is 0 Å². The van der Waals surface area contributed by atoms with Crippen molar-refractivity contribution in [3.05, 3.63) is 0 Å². The second kappa shape index (κ2) is 5.65. The van der Waals surface area contributed by atoms with Crippen LogP contribution >= 0.6 is 0 Å². The topological polar surface area (TPSA) is 3.24 Å². The van der Waals surface area contributed by atoms with Crippen LogP contribution in [0.3, 0.4) is 0 Å². The molecule has 11 heavy (non-hydrogen) atoms. The van der Waals surface area contributed by atoms with Crippen LogP contribution in [-0.2, 0) is 0 Å². The summed E-state index contributed by atoms with van der Waals surface area (Å²) in [5, 5.41) is 0. The van der Waals surface area contributed by atoms with Gasteiger partial charge in [0, 0.05) is 6.04 Å². The lowest BCUT2D eigenvalue weighted by molar-refractivity contribution is 0.220. The molecule has 0 aliphatic carbocycles. The molecule has 0 aromatic carbocycles. The molecule has 0 aliphatic rings. The molecular weight excluding hydrogens is 133 g/mol. The quantitative estimate of drug-likeness (QED) is 0.546. The molecule has 0 fully saturated rings. The molecule has 0 saturated heterocycles. The molecule has 0 rings (SSSR count). The van der Waals surface area contributed by atoms with E-state index in [1.165, 1.54) is 0 Å². The van der Waals surface area contributed by atoms with Crippen LogP contribution in [-0.4, -0.2) is 31.9 Å². The van der Waals surface area contributed by atoms with E-state index in [1.54, 1.807) is 0 Å². The molecule has 0 N–H and O–H groups in total. The fraction of sp³-hybridized carbons (Fsp3) is 1.00. The van der Waals surface area contributed by atoms with E-state index in [1.807, 2.05) is 0 Å². The lowest BCUT2D eigenvalue weighted by Crippen LogP contribution is -2.33. The fourth-order valence-electron chi connectivity index (χ4n) is 1.53. The Balaban J connectivity index is 3.68. The van der Waals surface area contributed by atoms with E-state index in [2.05, 4.69) is 32.6 Å². The molecule has 0 amide bonds. The predicted octanol–water partition coefficient (Wildman–Crippen LogP) is 2.08. The molecule has 2 atom stereocenters. The normalized spacial score (nSPS) is 16.8. The second-order valence-electron chi connectivity index (χ2n) is 3.28. The van der Waals surface area contributed by atoms with E-state index in [4.69, 9.17) is 7.85 Å². The molecule has 0 bridgehead atoms. The number of hydrogen-bond donors (Lipinski definition) is 0. The molecule has 0 saturated carbocycles. The van der Waals surface area contributed by atoms with E-state index in [0.717, 1.165) is 19.5 Å². The zero-order valence-corrected chi connectivity index (χ0v) is 8.30. The SMILES string of the molecule is [B]C(C)CC(C)N(CC)CC. The van der Waals surface area contributed by atoms with Gasteiger partial charge in [0.25, 0.3) is 0 Å². The van der Waals surface area contributed by atoms with E-state index >= 15 is 0 Å². The minimum absolute atomic E-state index is 0.325. The summed E-state index contributed by atoms with van der Waals surface area (Å²) in [7, 11) is 5.71. The summed E-state index contributed by atoms with van der Waals surface area (Å²) in [6.07, 6.45) is 1.10. The smallest absolute Gasteiger partial charge is 0.0696 e. The highest BCUT2D eigenvalue weighted by Gasteiger charge is 2.10. The minimum Gasteiger partial charge on any atom is -0.301 e. The molecule has 2 unspecified atom stereocenters. The third-order valence-corrected chi connectivity index (χ3v) is 2.15. The summed E-state index contributed by atoms with van der Waals surface area (Å²) in [4.78, 5) is 2.43. The lowest BCUT2D eigenvalue weighted by Gasteiger charge is -2.27. The molecule has 2 radical (unpaired) electrons. The summed E-state index contributed by atoms with van der Waals surface area (Å²) in [6, 6.07) is 0.630. The summed E-state index contributed by atoms with van der Waals surface area (Å²) in [5.74, 6) is 0.325. The molecule has 0 spiro atoms. The molecule has 2 heteroatoms. The van der Waals surface area contributed by atoms with E-state index in [9.17, 15) is 0 Å². The first kappa shape index (κ1) is 11.0. The van der Waals surface area contributed by atoms with Gasteiger partial charge in [-0.05, 0) is 26.4 Å². The lowest BCUT2D eigenvalue weighted by atomic mass is 9.84. The maximum atomic E-state index is 5.71. The Morgan fingerprint density at radius 3 is 1.91 bits per heavy atom. The second-order valence-corrected chi connectivity index (χ2v) is 3.28. The van der Waals surface area contributed by atoms with Crippen molar-refractivity contribution < 1.29 is 0 Å². The third-order valence-electron chi connectivity index (χ3n) is 2.15. The van der Waals surface area contributed by atoms with Gasteiger partial charge in [-0.2, -0.15) is 0 Å². The van der Waals surface area contributed by atoms with Gasteiger partial charge in [-0.1, -0.05) is 26.6 Å². The third kappa shape index (κ3) is 4.46. The Morgan fingerprint density at radius 1 is 1.18 bits per heavy atom. The van der Waals surface area contributed by atoms with Gasteiger partial charge in [-0.25, -0.2) is 0 Å². The van der Waals surface area contributed by atoms with Crippen LogP contribution in [0.2, 0.25) is 5.82 Å². The van der Waals surface area contributed by atoms with Gasteiger partial charge < -0.3 is 4.90 Å². The molecule has 64 valence electrons. The molecule has 0 heterocycles. The maximum absolute atomic E-state index is 5.71. The van der Waals surface area contributed by atoms with Gasteiger partial charge >= 0.3 is 0 Å². The Labute approximate surface area is 72.6 Å². The Bertz CT molecular complexity index is 89.6. The largest absolute Gasteiger partial charge is 0.301 e. The van der Waals surface area contributed by atoms with Gasteiger partial charge in [0.05, 0.1) is 7.85 Å². The molecule has 0 aliphatic heterocycles. The highest BCUT2D eigenvalue weighted by molar-refractivity contribution is 6.11. The van der Waals surface area contributed by atoms with Crippen LogP contribution < -0.4 is 0 Å². The van der Waals surface area contributed by atoms with Crippen molar-refractivity contribution >= 4 is 7.85 Å². The van der Waals surface area contributed by atoms with Gasteiger partial charge in [0.15, 0.2) is 0 Å². The molecule has 1 nitrogen and oxygen atoms in total. The molecular formula is C9H20BN. The summed E-state index contributed by atoms with van der Waals surface area (Å²) in [5.41, 5.74) is 0. The van der Waals surface area contributed by atoms with E-state index < -0.39 is 0 Å². The highest BCUT2D eigenvalue weighted by atomic mass is 15.1. The van der Waals surface area contributed by atoms with Crippen molar-refractivity contribution in [2.75, 3.05) is 13.1 Å². The minimum atomic E-state index is 0.325. The molecule has 0 aromatic rings. The van der Waals surface area contributed by atoms with Crippen molar-refractivity contribution in [3.63, 3.8) is 0 Å². The van der Waals surface area contributed by atoms with Crippen LogP contribution in [0, 0.1) is 0 Å². The van der Waals surface area contributed by atoms with Crippen LogP contribution in [0.25, 0.3) is 0 Å². The van der Waals surface area contributed by atoms with Crippen LogP contribution in [0.5, 0.6) is 0 Å². The van der Waals surface area contributed by atoms with E-state index in [-0.39, 0.29) is 0 Å². The van der Waals surface area contributed by atoms with Crippen molar-refractivity contribution in [3.8, 4) is 0 Å². The standard InChI is InChI=1S/C9H20BN/c1-5-11(6-2)9(4)7-8(3)10/h8-9H,5-7H2,1-4H3. The first-order valence-corrected chi connectivity index (χ1v) is 4.61. The van der Waals surface area contributed by atoms with Crippen molar-refractivity contribution in [2.24, 2.45) is 0 Å². The molecule has 0 aromatic heterocycles. The van der Waals surface area contributed by atoms with Crippen molar-refractivity contribution in [1.82, 2.24) is 4.90 Å². The number of rotatable bonds is 5. The van der Waals surface area contributed by atoms with E-state index in [0.29, 0.717) is 11.9 Å². The van der Waals surface area contributed by atoms with Gasteiger partial charge in [-0.15, -0.1) is 0 Å². The van der Waals surface area contributed by atoms with Crippen LogP contribution in [0.4, 0.5) is 0 Å². The zero-order chi connectivity index (χ0) is 8.85.